The molecule has 2 aliphatic heterocycles. The van der Waals surface area contributed by atoms with E-state index in [-0.39, 0.29) is 17.2 Å². The summed E-state index contributed by atoms with van der Waals surface area (Å²) >= 11 is 1.81. The number of nitrogens with one attached hydrogen (secondary N) is 1. The van der Waals surface area contributed by atoms with Crippen LogP contribution in [0.2, 0.25) is 0 Å². The van der Waals surface area contributed by atoms with E-state index in [2.05, 4.69) is 5.32 Å². The number of carbonyl (C=O) groups excluding carboxylic acids is 2. The van der Waals surface area contributed by atoms with E-state index in [1.165, 1.54) is 0 Å². The maximum absolute atomic E-state index is 10.9. The number of thioether (sulfide) groups is 1. The summed E-state index contributed by atoms with van der Waals surface area (Å²) in [4.78, 5) is 21.9. The van der Waals surface area contributed by atoms with Crippen molar-refractivity contribution in [1.82, 2.24) is 5.32 Å². The van der Waals surface area contributed by atoms with Gasteiger partial charge in [-0.1, -0.05) is 0 Å². The van der Waals surface area contributed by atoms with Gasteiger partial charge in [0, 0.05) is 29.8 Å². The van der Waals surface area contributed by atoms with Crippen molar-refractivity contribution < 1.29 is 9.59 Å². The molecule has 0 atom stereocenters. The molecular weight excluding hydrogens is 162 g/mol. The van der Waals surface area contributed by atoms with Gasteiger partial charge in [-0.15, -0.1) is 0 Å². The highest BCUT2D eigenvalue weighted by Gasteiger charge is 2.44. The molecule has 11 heavy (non-hydrogen) atoms. The monoisotopic (exact) mass is 171 g/mol. The minimum Gasteiger partial charge on any atom is -0.296 e. The summed E-state index contributed by atoms with van der Waals surface area (Å²) in [5.74, 6) is 1.77. The minimum atomic E-state index is -0.0958. The highest BCUT2D eigenvalue weighted by Crippen LogP contribution is 2.45. The third-order valence-electron chi connectivity index (χ3n) is 2.17. The van der Waals surface area contributed by atoms with Crippen LogP contribution in [0.25, 0.3) is 0 Å². The Hall–Kier alpha value is -0.510. The molecule has 2 saturated heterocycles. The predicted molar refractivity (Wildman–Crippen MR) is 42.1 cm³/mol. The molecule has 0 bridgehead atoms. The maximum Gasteiger partial charge on any atom is 0.227 e. The van der Waals surface area contributed by atoms with E-state index >= 15 is 0 Å². The molecule has 2 aliphatic rings. The second kappa shape index (κ2) is 2.24. The zero-order chi connectivity index (χ0) is 7.90. The van der Waals surface area contributed by atoms with Gasteiger partial charge in [0.05, 0.1) is 0 Å². The Bertz CT molecular complexity index is 204. The van der Waals surface area contributed by atoms with Crippen molar-refractivity contribution in [3.8, 4) is 0 Å². The van der Waals surface area contributed by atoms with Crippen LogP contribution in [0.1, 0.15) is 12.8 Å². The average molecular weight is 171 g/mol. The van der Waals surface area contributed by atoms with Crippen molar-refractivity contribution >= 4 is 23.6 Å². The zero-order valence-electron chi connectivity index (χ0n) is 6.05. The fourth-order valence-corrected chi connectivity index (χ4v) is 2.77. The van der Waals surface area contributed by atoms with Crippen LogP contribution in [0.5, 0.6) is 0 Å². The Kier molecular flexibility index (Phi) is 1.45. The standard InChI is InChI=1S/C7H9NO2S/c9-5-1-7(3-11-4-7)2-6(10)8-5/h1-4H2,(H,8,9,10). The first-order chi connectivity index (χ1) is 5.20. The third kappa shape index (κ3) is 1.15. The van der Waals surface area contributed by atoms with Crippen molar-refractivity contribution in [2.24, 2.45) is 5.41 Å². The normalized spacial score (nSPS) is 28.0. The molecule has 0 unspecified atom stereocenters. The molecule has 0 aromatic rings. The lowest BCUT2D eigenvalue weighted by Crippen LogP contribution is -2.50. The predicted octanol–water partition coefficient (Wildman–Crippen LogP) is 0.156. The van der Waals surface area contributed by atoms with Gasteiger partial charge in [0.2, 0.25) is 11.8 Å². The second-order valence-electron chi connectivity index (χ2n) is 3.32. The molecule has 0 aromatic heterocycles. The summed E-state index contributed by atoms with van der Waals surface area (Å²) < 4.78 is 0. The van der Waals surface area contributed by atoms with Crippen molar-refractivity contribution in [1.29, 1.82) is 0 Å². The number of hydrogen-bond acceptors (Lipinski definition) is 3. The van der Waals surface area contributed by atoms with Crippen LogP contribution in [0.4, 0.5) is 0 Å². The van der Waals surface area contributed by atoms with Crippen LogP contribution in [0.3, 0.4) is 0 Å². The van der Waals surface area contributed by atoms with Crippen LogP contribution < -0.4 is 5.32 Å². The summed E-state index contributed by atoms with van der Waals surface area (Å²) in [7, 11) is 0. The topological polar surface area (TPSA) is 46.2 Å². The van der Waals surface area contributed by atoms with Gasteiger partial charge >= 0.3 is 0 Å². The molecule has 1 N–H and O–H groups in total. The summed E-state index contributed by atoms with van der Waals surface area (Å²) in [6, 6.07) is 0. The minimum absolute atomic E-state index is 0.0457. The van der Waals surface area contributed by atoms with Gasteiger partial charge in [0.1, 0.15) is 0 Å². The second-order valence-corrected chi connectivity index (χ2v) is 4.30. The highest BCUT2D eigenvalue weighted by molar-refractivity contribution is 8.00. The molecule has 2 fully saturated rings. The van der Waals surface area contributed by atoms with E-state index in [1.54, 1.807) is 0 Å². The van der Waals surface area contributed by atoms with E-state index in [0.717, 1.165) is 11.5 Å². The molecule has 2 heterocycles. The summed E-state index contributed by atoms with van der Waals surface area (Å²) in [6.07, 6.45) is 1.09. The maximum atomic E-state index is 10.9. The molecule has 3 nitrogen and oxygen atoms in total. The van der Waals surface area contributed by atoms with Gasteiger partial charge < -0.3 is 0 Å². The van der Waals surface area contributed by atoms with E-state index in [1.807, 2.05) is 11.8 Å². The smallest absolute Gasteiger partial charge is 0.227 e. The van der Waals surface area contributed by atoms with Crippen LogP contribution >= 0.6 is 11.8 Å². The summed E-state index contributed by atoms with van der Waals surface area (Å²) in [6.45, 7) is 0. The summed E-state index contributed by atoms with van der Waals surface area (Å²) in [5, 5.41) is 2.32. The van der Waals surface area contributed by atoms with E-state index in [4.69, 9.17) is 0 Å². The van der Waals surface area contributed by atoms with Gasteiger partial charge in [-0.3, -0.25) is 14.9 Å². The van der Waals surface area contributed by atoms with Gasteiger partial charge in [0.15, 0.2) is 0 Å². The number of carbonyl (C=O) groups is 2. The molecule has 0 saturated carbocycles. The molecule has 0 radical (unpaired) electrons. The number of piperidine rings is 1. The Morgan fingerprint density at radius 2 is 1.73 bits per heavy atom. The van der Waals surface area contributed by atoms with Crippen molar-refractivity contribution in [2.45, 2.75) is 12.8 Å². The van der Waals surface area contributed by atoms with Crippen molar-refractivity contribution in [2.75, 3.05) is 11.5 Å². The highest BCUT2D eigenvalue weighted by atomic mass is 32.2. The van der Waals surface area contributed by atoms with Crippen LogP contribution in [0.15, 0.2) is 0 Å². The molecule has 0 aromatic carbocycles. The lowest BCUT2D eigenvalue weighted by atomic mass is 9.81. The summed E-state index contributed by atoms with van der Waals surface area (Å²) in [5.41, 5.74) is 0.0457. The lowest BCUT2D eigenvalue weighted by molar-refractivity contribution is -0.136. The molecule has 0 aliphatic carbocycles. The van der Waals surface area contributed by atoms with Crippen molar-refractivity contribution in [3.63, 3.8) is 0 Å². The number of hydrogen-bond donors (Lipinski definition) is 1. The van der Waals surface area contributed by atoms with Crippen molar-refractivity contribution in [3.05, 3.63) is 0 Å². The average Bonchev–Trinajstić information content (AvgIpc) is 1.82. The SMILES string of the molecule is O=C1CC2(CSC2)CC(=O)N1. The molecule has 60 valence electrons. The van der Waals surface area contributed by atoms with Gasteiger partial charge in [0.25, 0.3) is 0 Å². The Morgan fingerprint density at radius 1 is 1.18 bits per heavy atom. The molecule has 2 amide bonds. The van der Waals surface area contributed by atoms with Crippen LogP contribution in [0, 0.1) is 5.41 Å². The largest absolute Gasteiger partial charge is 0.296 e. The van der Waals surface area contributed by atoms with E-state index < -0.39 is 0 Å². The third-order valence-corrected chi connectivity index (χ3v) is 3.80. The van der Waals surface area contributed by atoms with Crippen LogP contribution in [-0.4, -0.2) is 23.3 Å². The lowest BCUT2D eigenvalue weighted by Gasteiger charge is -2.42. The quantitative estimate of drug-likeness (QED) is 0.528. The van der Waals surface area contributed by atoms with Gasteiger partial charge in [-0.25, -0.2) is 0 Å². The van der Waals surface area contributed by atoms with Gasteiger partial charge in [-0.05, 0) is 0 Å². The first-order valence-electron chi connectivity index (χ1n) is 3.61. The molecule has 2 rings (SSSR count). The Balaban J connectivity index is 2.12. The Labute approximate surface area is 68.9 Å². The number of amides is 2. The molecule has 1 spiro atoms. The first-order valence-corrected chi connectivity index (χ1v) is 4.76. The molecule has 4 heteroatoms. The first kappa shape index (κ1) is 7.16. The van der Waals surface area contributed by atoms with E-state index in [0.29, 0.717) is 12.8 Å². The zero-order valence-corrected chi connectivity index (χ0v) is 6.87. The van der Waals surface area contributed by atoms with E-state index in [9.17, 15) is 9.59 Å². The van der Waals surface area contributed by atoms with Gasteiger partial charge in [-0.2, -0.15) is 11.8 Å². The number of rotatable bonds is 0. The fraction of sp³-hybridized carbons (Fsp3) is 0.714. The van der Waals surface area contributed by atoms with Crippen LogP contribution in [-0.2, 0) is 9.59 Å². The number of imide groups is 1. The fourth-order valence-electron chi connectivity index (χ4n) is 1.58. The molecular formula is C7H9NO2S. The Morgan fingerprint density at radius 3 is 2.09 bits per heavy atom.